The van der Waals surface area contributed by atoms with E-state index >= 15 is 0 Å². The molecule has 0 saturated carbocycles. The zero-order valence-electron chi connectivity index (χ0n) is 16.5. The maximum Gasteiger partial charge on any atom is -0.0417 e. The van der Waals surface area contributed by atoms with Crippen LogP contribution in [0.15, 0.2) is 0 Å². The van der Waals surface area contributed by atoms with E-state index in [-0.39, 0.29) is 0 Å². The van der Waals surface area contributed by atoms with E-state index in [1.54, 1.807) is 0 Å². The first-order chi connectivity index (χ1) is 10.7. The zero-order valence-corrected chi connectivity index (χ0v) is 16.5. The fraction of sp³-hybridized carbons (Fsp3) is 1.00. The topological polar surface area (TPSA) is 0 Å². The molecule has 0 N–H and O–H groups in total. The van der Waals surface area contributed by atoms with Crippen molar-refractivity contribution in [2.75, 3.05) is 0 Å². The smallest absolute Gasteiger partial charge is 0.0417 e. The Hall–Kier alpha value is 0. The standard InChI is InChI=1S/C22H46/c1-5-7-9-11-13-15-17-19-21(3)22(4)20-18-16-14-12-10-8-6-2/h21-22H,5-20H2,1-4H3/t21-,22-/m0/s1. The van der Waals surface area contributed by atoms with E-state index in [1.165, 1.54) is 103 Å². The second-order valence-electron chi connectivity index (χ2n) is 7.77. The molecule has 0 bridgehead atoms. The van der Waals surface area contributed by atoms with Crippen LogP contribution in [0.2, 0.25) is 0 Å². The quantitative estimate of drug-likeness (QED) is 0.236. The lowest BCUT2D eigenvalue weighted by molar-refractivity contribution is 0.322. The van der Waals surface area contributed by atoms with Gasteiger partial charge in [0.2, 0.25) is 0 Å². The third kappa shape index (κ3) is 14.9. The van der Waals surface area contributed by atoms with Gasteiger partial charge in [0.15, 0.2) is 0 Å². The van der Waals surface area contributed by atoms with Gasteiger partial charge in [-0.05, 0) is 11.8 Å². The lowest BCUT2D eigenvalue weighted by Gasteiger charge is -2.19. The van der Waals surface area contributed by atoms with Gasteiger partial charge in [-0.1, -0.05) is 130 Å². The van der Waals surface area contributed by atoms with Gasteiger partial charge in [-0.3, -0.25) is 0 Å². The van der Waals surface area contributed by atoms with Crippen LogP contribution >= 0.6 is 0 Å². The summed E-state index contributed by atoms with van der Waals surface area (Å²) in [7, 11) is 0. The van der Waals surface area contributed by atoms with Gasteiger partial charge in [0, 0.05) is 0 Å². The minimum Gasteiger partial charge on any atom is -0.0654 e. The van der Waals surface area contributed by atoms with Crippen molar-refractivity contribution in [1.82, 2.24) is 0 Å². The zero-order chi connectivity index (χ0) is 16.5. The third-order valence-electron chi connectivity index (χ3n) is 5.50. The normalized spacial score (nSPS) is 14.2. The fourth-order valence-electron chi connectivity index (χ4n) is 3.42. The summed E-state index contributed by atoms with van der Waals surface area (Å²) < 4.78 is 0. The predicted molar refractivity (Wildman–Crippen MR) is 104 cm³/mol. The summed E-state index contributed by atoms with van der Waals surface area (Å²) in [6.07, 6.45) is 23.2. The van der Waals surface area contributed by atoms with E-state index in [0.717, 1.165) is 11.8 Å². The van der Waals surface area contributed by atoms with Gasteiger partial charge in [-0.2, -0.15) is 0 Å². The van der Waals surface area contributed by atoms with Crippen LogP contribution in [-0.2, 0) is 0 Å². The number of unbranched alkanes of at least 4 members (excludes halogenated alkanes) is 12. The van der Waals surface area contributed by atoms with Crippen molar-refractivity contribution < 1.29 is 0 Å². The van der Waals surface area contributed by atoms with Gasteiger partial charge in [0.1, 0.15) is 0 Å². The Morgan fingerprint density at radius 2 is 0.682 bits per heavy atom. The molecule has 2 atom stereocenters. The third-order valence-corrected chi connectivity index (χ3v) is 5.50. The minimum absolute atomic E-state index is 0.940. The van der Waals surface area contributed by atoms with Crippen molar-refractivity contribution in [3.63, 3.8) is 0 Å². The van der Waals surface area contributed by atoms with Crippen molar-refractivity contribution >= 4 is 0 Å². The molecule has 0 heterocycles. The van der Waals surface area contributed by atoms with E-state index in [4.69, 9.17) is 0 Å². The molecule has 0 aromatic heterocycles. The van der Waals surface area contributed by atoms with Crippen LogP contribution in [0.5, 0.6) is 0 Å². The van der Waals surface area contributed by atoms with Crippen LogP contribution < -0.4 is 0 Å². The van der Waals surface area contributed by atoms with Gasteiger partial charge in [0.05, 0.1) is 0 Å². The largest absolute Gasteiger partial charge is 0.0654 e. The molecule has 0 aliphatic heterocycles. The van der Waals surface area contributed by atoms with E-state index < -0.39 is 0 Å². The summed E-state index contributed by atoms with van der Waals surface area (Å²) in [6.45, 7) is 9.58. The molecule has 0 aliphatic rings. The van der Waals surface area contributed by atoms with Crippen LogP contribution in [0.1, 0.15) is 130 Å². The van der Waals surface area contributed by atoms with Crippen molar-refractivity contribution in [1.29, 1.82) is 0 Å². The maximum atomic E-state index is 2.49. The summed E-state index contributed by atoms with van der Waals surface area (Å²) in [4.78, 5) is 0. The number of hydrogen-bond donors (Lipinski definition) is 0. The van der Waals surface area contributed by atoms with Gasteiger partial charge < -0.3 is 0 Å². The monoisotopic (exact) mass is 310 g/mol. The van der Waals surface area contributed by atoms with E-state index in [0.29, 0.717) is 0 Å². The van der Waals surface area contributed by atoms with Gasteiger partial charge in [-0.25, -0.2) is 0 Å². The van der Waals surface area contributed by atoms with E-state index in [9.17, 15) is 0 Å². The molecule has 0 radical (unpaired) electrons. The molecule has 0 rings (SSSR count). The van der Waals surface area contributed by atoms with Crippen molar-refractivity contribution in [2.45, 2.75) is 130 Å². The van der Waals surface area contributed by atoms with Crippen LogP contribution in [0.3, 0.4) is 0 Å². The van der Waals surface area contributed by atoms with Gasteiger partial charge in [-0.15, -0.1) is 0 Å². The first kappa shape index (κ1) is 22.0. The molecule has 0 saturated heterocycles. The van der Waals surface area contributed by atoms with Crippen LogP contribution in [-0.4, -0.2) is 0 Å². The first-order valence-electron chi connectivity index (χ1n) is 10.7. The van der Waals surface area contributed by atoms with E-state index in [1.807, 2.05) is 0 Å². The highest BCUT2D eigenvalue weighted by molar-refractivity contribution is 4.63. The molecule has 0 unspecified atom stereocenters. The lowest BCUT2D eigenvalue weighted by Crippen LogP contribution is -2.08. The predicted octanol–water partition coefficient (Wildman–Crippen LogP) is 8.54. The molecule has 0 heteroatoms. The minimum atomic E-state index is 0.940. The first-order valence-corrected chi connectivity index (χ1v) is 10.7. The Balaban J connectivity index is 3.33. The van der Waals surface area contributed by atoms with E-state index in [2.05, 4.69) is 27.7 Å². The summed E-state index contributed by atoms with van der Waals surface area (Å²) in [5, 5.41) is 0. The fourth-order valence-corrected chi connectivity index (χ4v) is 3.42. The number of hydrogen-bond acceptors (Lipinski definition) is 0. The van der Waals surface area contributed by atoms with Gasteiger partial charge >= 0.3 is 0 Å². The Morgan fingerprint density at radius 3 is 1.00 bits per heavy atom. The molecule has 0 amide bonds. The highest BCUT2D eigenvalue weighted by Crippen LogP contribution is 2.24. The summed E-state index contributed by atoms with van der Waals surface area (Å²) in [5.41, 5.74) is 0. The Morgan fingerprint density at radius 1 is 0.409 bits per heavy atom. The van der Waals surface area contributed by atoms with Gasteiger partial charge in [0.25, 0.3) is 0 Å². The van der Waals surface area contributed by atoms with Crippen molar-refractivity contribution in [2.24, 2.45) is 11.8 Å². The van der Waals surface area contributed by atoms with Crippen molar-refractivity contribution in [3.8, 4) is 0 Å². The molecule has 0 aromatic carbocycles. The van der Waals surface area contributed by atoms with Crippen molar-refractivity contribution in [3.05, 3.63) is 0 Å². The maximum absolute atomic E-state index is 2.49. The molecule has 0 aromatic rings. The molecule has 134 valence electrons. The van der Waals surface area contributed by atoms with Crippen LogP contribution in [0.4, 0.5) is 0 Å². The van der Waals surface area contributed by atoms with Crippen LogP contribution in [0.25, 0.3) is 0 Å². The highest BCUT2D eigenvalue weighted by atomic mass is 14.2. The highest BCUT2D eigenvalue weighted by Gasteiger charge is 2.11. The molecular formula is C22H46. The molecule has 0 spiro atoms. The molecule has 0 nitrogen and oxygen atoms in total. The second kappa shape index (κ2) is 17.4. The molecule has 0 fully saturated rings. The van der Waals surface area contributed by atoms with Crippen LogP contribution in [0, 0.1) is 11.8 Å². The summed E-state index contributed by atoms with van der Waals surface area (Å²) in [6, 6.07) is 0. The average Bonchev–Trinajstić information content (AvgIpc) is 2.52. The Bertz CT molecular complexity index is 174. The second-order valence-corrected chi connectivity index (χ2v) is 7.77. The lowest BCUT2D eigenvalue weighted by atomic mass is 9.86. The number of rotatable bonds is 17. The summed E-state index contributed by atoms with van der Waals surface area (Å²) in [5.74, 6) is 1.88. The summed E-state index contributed by atoms with van der Waals surface area (Å²) >= 11 is 0. The molecule has 22 heavy (non-hydrogen) atoms. The Kier molecular flexibility index (Phi) is 17.4. The molecule has 0 aliphatic carbocycles. The Labute approximate surface area is 142 Å². The SMILES string of the molecule is CCCCCCCCC[C@H](C)[C@@H](C)CCCCCCCCC. The average molecular weight is 311 g/mol. The molecular weight excluding hydrogens is 264 g/mol.